The smallest absolute Gasteiger partial charge is 0.335 e. The molecule has 0 saturated heterocycles. The Bertz CT molecular complexity index is 434. The molecule has 0 bridgehead atoms. The molecular weight excluding hydrogens is 228 g/mol. The summed E-state index contributed by atoms with van der Waals surface area (Å²) in [4.78, 5) is 10.7. The zero-order valence-electron chi connectivity index (χ0n) is 8.74. The third-order valence-corrected chi connectivity index (χ3v) is 2.38. The van der Waals surface area contributed by atoms with E-state index in [0.29, 0.717) is 10.6 Å². The number of hydrogen-bond donors (Lipinski definition) is 1. The molecule has 1 unspecified atom stereocenters. The molecule has 1 aromatic rings. The summed E-state index contributed by atoms with van der Waals surface area (Å²) >= 11 is 5.91. The van der Waals surface area contributed by atoms with Crippen molar-refractivity contribution in [1.82, 2.24) is 0 Å². The zero-order valence-corrected chi connectivity index (χ0v) is 9.49. The molecule has 0 aromatic heterocycles. The number of halogens is 1. The van der Waals surface area contributed by atoms with Crippen LogP contribution in [0.1, 0.15) is 22.8 Å². The maximum atomic E-state index is 10.7. The number of rotatable bonds is 4. The number of terminal acetylenes is 1. The Balaban J connectivity index is 2.76. The van der Waals surface area contributed by atoms with Gasteiger partial charge < -0.3 is 9.84 Å². The van der Waals surface area contributed by atoms with Gasteiger partial charge in [0.2, 0.25) is 0 Å². The largest absolute Gasteiger partial charge is 0.478 e. The van der Waals surface area contributed by atoms with E-state index in [2.05, 4.69) is 5.92 Å². The predicted molar refractivity (Wildman–Crippen MR) is 61.5 cm³/mol. The van der Waals surface area contributed by atoms with Crippen molar-refractivity contribution < 1.29 is 14.6 Å². The van der Waals surface area contributed by atoms with Gasteiger partial charge in [0.25, 0.3) is 0 Å². The number of carboxylic acids is 1. The Morgan fingerprint density at radius 3 is 2.88 bits per heavy atom. The lowest BCUT2D eigenvalue weighted by Crippen LogP contribution is -2.05. The quantitative estimate of drug-likeness (QED) is 0.820. The van der Waals surface area contributed by atoms with Crippen LogP contribution in [0, 0.1) is 12.3 Å². The van der Waals surface area contributed by atoms with E-state index < -0.39 is 5.97 Å². The highest BCUT2D eigenvalue weighted by atomic mass is 35.5. The summed E-state index contributed by atoms with van der Waals surface area (Å²) in [5, 5.41) is 9.10. The van der Waals surface area contributed by atoms with Gasteiger partial charge in [-0.05, 0) is 24.6 Å². The molecule has 84 valence electrons. The third kappa shape index (κ3) is 3.27. The Morgan fingerprint density at radius 1 is 1.69 bits per heavy atom. The Kier molecular flexibility index (Phi) is 4.36. The van der Waals surface area contributed by atoms with Crippen LogP contribution in [-0.4, -0.2) is 17.2 Å². The Hall–Kier alpha value is -1.50. The van der Waals surface area contributed by atoms with Crippen LogP contribution in [0.3, 0.4) is 0 Å². The fourth-order valence-electron chi connectivity index (χ4n) is 1.06. The van der Waals surface area contributed by atoms with Crippen LogP contribution in [0.4, 0.5) is 0 Å². The van der Waals surface area contributed by atoms with Crippen LogP contribution >= 0.6 is 11.6 Å². The number of aromatic carboxylic acids is 1. The van der Waals surface area contributed by atoms with Crippen LogP contribution in [0.5, 0.6) is 0 Å². The van der Waals surface area contributed by atoms with Gasteiger partial charge in [0.05, 0.1) is 12.2 Å². The first-order valence-corrected chi connectivity index (χ1v) is 5.02. The molecule has 0 spiro atoms. The van der Waals surface area contributed by atoms with Gasteiger partial charge in [-0.15, -0.1) is 6.42 Å². The lowest BCUT2D eigenvalue weighted by atomic mass is 10.1. The molecule has 0 aliphatic carbocycles. The van der Waals surface area contributed by atoms with Crippen molar-refractivity contribution in [2.45, 2.75) is 19.6 Å². The summed E-state index contributed by atoms with van der Waals surface area (Å²) in [5.41, 5.74) is 0.868. The molecule has 0 heterocycles. The highest BCUT2D eigenvalue weighted by Crippen LogP contribution is 2.19. The lowest BCUT2D eigenvalue weighted by Gasteiger charge is -2.08. The summed E-state index contributed by atoms with van der Waals surface area (Å²) in [6.45, 7) is 2.02. The number of ether oxygens (including phenoxy) is 1. The zero-order chi connectivity index (χ0) is 12.1. The maximum Gasteiger partial charge on any atom is 0.335 e. The Labute approximate surface area is 99.0 Å². The number of hydrogen-bond acceptors (Lipinski definition) is 2. The second-order valence-corrected chi connectivity index (χ2v) is 3.64. The second kappa shape index (κ2) is 5.55. The van der Waals surface area contributed by atoms with E-state index in [1.807, 2.05) is 0 Å². The van der Waals surface area contributed by atoms with E-state index in [-0.39, 0.29) is 18.3 Å². The number of carbonyl (C=O) groups is 1. The van der Waals surface area contributed by atoms with Crippen LogP contribution in [0.15, 0.2) is 18.2 Å². The molecule has 16 heavy (non-hydrogen) atoms. The Morgan fingerprint density at radius 2 is 2.38 bits per heavy atom. The molecule has 0 aliphatic heterocycles. The van der Waals surface area contributed by atoms with Crippen LogP contribution < -0.4 is 0 Å². The molecule has 0 fully saturated rings. The average molecular weight is 239 g/mol. The molecule has 4 heteroatoms. The van der Waals surface area contributed by atoms with Gasteiger partial charge in [0.15, 0.2) is 0 Å². The third-order valence-electron chi connectivity index (χ3n) is 2.02. The monoisotopic (exact) mass is 238 g/mol. The van der Waals surface area contributed by atoms with E-state index in [4.69, 9.17) is 27.9 Å². The predicted octanol–water partition coefficient (Wildman–Crippen LogP) is 2.58. The number of benzene rings is 1. The minimum atomic E-state index is -1.01. The van der Waals surface area contributed by atoms with Gasteiger partial charge in [0.1, 0.15) is 6.10 Å². The fraction of sp³-hybridized carbons (Fsp3) is 0.250. The van der Waals surface area contributed by atoms with Gasteiger partial charge in [-0.1, -0.05) is 23.6 Å². The summed E-state index contributed by atoms with van der Waals surface area (Å²) in [6.07, 6.45) is 4.86. The topological polar surface area (TPSA) is 46.5 Å². The molecule has 0 amide bonds. The summed E-state index contributed by atoms with van der Waals surface area (Å²) in [5.74, 6) is 1.42. The minimum absolute atomic E-state index is 0.152. The van der Waals surface area contributed by atoms with Crippen LogP contribution in [0.2, 0.25) is 5.02 Å². The van der Waals surface area contributed by atoms with Crippen LogP contribution in [-0.2, 0) is 11.3 Å². The highest BCUT2D eigenvalue weighted by Gasteiger charge is 2.07. The minimum Gasteiger partial charge on any atom is -0.478 e. The maximum absolute atomic E-state index is 10.7. The van der Waals surface area contributed by atoms with Crippen LogP contribution in [0.25, 0.3) is 0 Å². The van der Waals surface area contributed by atoms with E-state index in [9.17, 15) is 4.79 Å². The van der Waals surface area contributed by atoms with Crippen molar-refractivity contribution in [2.24, 2.45) is 0 Å². The average Bonchev–Trinajstić information content (AvgIpc) is 2.26. The highest BCUT2D eigenvalue weighted by molar-refractivity contribution is 6.31. The molecule has 1 atom stereocenters. The van der Waals surface area contributed by atoms with Crippen molar-refractivity contribution in [2.75, 3.05) is 0 Å². The van der Waals surface area contributed by atoms with Gasteiger partial charge in [0, 0.05) is 5.02 Å². The number of carboxylic acid groups (broad SMARTS) is 1. The first-order chi connectivity index (χ1) is 7.54. The first-order valence-electron chi connectivity index (χ1n) is 4.64. The van der Waals surface area contributed by atoms with Crippen molar-refractivity contribution in [3.8, 4) is 12.3 Å². The standard InChI is InChI=1S/C12H11ClO3/c1-3-8(2)16-7-10-5-4-9(12(14)15)6-11(10)13/h1,4-6,8H,7H2,2H3,(H,14,15). The fourth-order valence-corrected chi connectivity index (χ4v) is 1.30. The second-order valence-electron chi connectivity index (χ2n) is 3.23. The lowest BCUT2D eigenvalue weighted by molar-refractivity contribution is 0.0696. The molecule has 1 rings (SSSR count). The molecule has 1 N–H and O–H groups in total. The summed E-state index contributed by atoms with van der Waals surface area (Å²) < 4.78 is 5.29. The van der Waals surface area contributed by atoms with Crippen molar-refractivity contribution in [3.63, 3.8) is 0 Å². The van der Waals surface area contributed by atoms with Gasteiger partial charge in [-0.3, -0.25) is 0 Å². The van der Waals surface area contributed by atoms with E-state index in [1.54, 1.807) is 13.0 Å². The molecular formula is C12H11ClO3. The van der Waals surface area contributed by atoms with Crippen molar-refractivity contribution >= 4 is 17.6 Å². The van der Waals surface area contributed by atoms with E-state index >= 15 is 0 Å². The molecule has 0 radical (unpaired) electrons. The summed E-state index contributed by atoms with van der Waals surface area (Å²) in [6, 6.07) is 4.49. The van der Waals surface area contributed by atoms with Gasteiger partial charge in [-0.25, -0.2) is 4.79 Å². The van der Waals surface area contributed by atoms with Gasteiger partial charge in [-0.2, -0.15) is 0 Å². The first kappa shape index (κ1) is 12.6. The van der Waals surface area contributed by atoms with Crippen molar-refractivity contribution in [3.05, 3.63) is 34.3 Å². The molecule has 1 aromatic carbocycles. The normalized spacial score (nSPS) is 11.8. The SMILES string of the molecule is C#CC(C)OCc1ccc(C(=O)O)cc1Cl. The van der Waals surface area contributed by atoms with Crippen molar-refractivity contribution in [1.29, 1.82) is 0 Å². The molecule has 3 nitrogen and oxygen atoms in total. The van der Waals surface area contributed by atoms with E-state index in [0.717, 1.165) is 0 Å². The molecule has 0 saturated carbocycles. The van der Waals surface area contributed by atoms with Gasteiger partial charge >= 0.3 is 5.97 Å². The van der Waals surface area contributed by atoms with E-state index in [1.165, 1.54) is 12.1 Å². The summed E-state index contributed by atoms with van der Waals surface area (Å²) in [7, 11) is 0. The molecule has 0 aliphatic rings.